The fourth-order valence-corrected chi connectivity index (χ4v) is 2.65. The fourth-order valence-electron chi connectivity index (χ4n) is 1.73. The Balaban J connectivity index is 1.76. The summed E-state index contributed by atoms with van der Waals surface area (Å²) in [6, 6.07) is 9.19. The summed E-state index contributed by atoms with van der Waals surface area (Å²) in [5, 5.41) is 5.42. The second-order valence-corrected chi connectivity index (χ2v) is 5.66. The maximum atomic E-state index is 12.9. The molecule has 2 aromatic heterocycles. The summed E-state index contributed by atoms with van der Waals surface area (Å²) < 4.78 is 12.9. The highest BCUT2D eigenvalue weighted by atomic mass is 35.5. The van der Waals surface area contributed by atoms with Gasteiger partial charge in [0, 0.05) is 17.1 Å². The molecule has 0 spiro atoms. The van der Waals surface area contributed by atoms with Crippen LogP contribution in [-0.4, -0.2) is 15.9 Å². The Labute approximate surface area is 134 Å². The molecule has 22 heavy (non-hydrogen) atoms. The van der Waals surface area contributed by atoms with Crippen LogP contribution in [0, 0.1) is 5.82 Å². The zero-order valence-electron chi connectivity index (χ0n) is 11.1. The van der Waals surface area contributed by atoms with E-state index in [1.165, 1.54) is 29.7 Å². The SMILES string of the molecule is O=C(Nc1ccc(Cl)cn1)c1csc(-c2ccc(F)cc2)n1. The molecule has 0 bridgehead atoms. The Morgan fingerprint density at radius 2 is 1.95 bits per heavy atom. The summed E-state index contributed by atoms with van der Waals surface area (Å²) in [5.74, 6) is -0.280. The lowest BCUT2D eigenvalue weighted by Gasteiger charge is -2.01. The maximum absolute atomic E-state index is 12.9. The van der Waals surface area contributed by atoms with Gasteiger partial charge in [0.25, 0.3) is 5.91 Å². The number of anilines is 1. The quantitative estimate of drug-likeness (QED) is 0.779. The molecule has 0 atom stereocenters. The first-order valence-electron chi connectivity index (χ1n) is 6.26. The Hall–Kier alpha value is -2.31. The number of carbonyl (C=O) groups is 1. The molecule has 2 heterocycles. The van der Waals surface area contributed by atoms with Gasteiger partial charge in [-0.25, -0.2) is 14.4 Å². The zero-order valence-corrected chi connectivity index (χ0v) is 12.7. The smallest absolute Gasteiger partial charge is 0.276 e. The molecule has 3 aromatic rings. The first-order valence-corrected chi connectivity index (χ1v) is 7.52. The minimum atomic E-state index is -0.362. The topological polar surface area (TPSA) is 54.9 Å². The van der Waals surface area contributed by atoms with Gasteiger partial charge in [-0.1, -0.05) is 11.6 Å². The van der Waals surface area contributed by atoms with Crippen LogP contribution in [0.4, 0.5) is 10.2 Å². The molecule has 3 rings (SSSR count). The first kappa shape index (κ1) is 14.6. The van der Waals surface area contributed by atoms with E-state index < -0.39 is 0 Å². The van der Waals surface area contributed by atoms with E-state index in [1.807, 2.05) is 0 Å². The van der Waals surface area contributed by atoms with Gasteiger partial charge in [-0.3, -0.25) is 4.79 Å². The number of nitrogens with zero attached hydrogens (tertiary/aromatic N) is 2. The van der Waals surface area contributed by atoms with Crippen LogP contribution in [0.2, 0.25) is 5.02 Å². The molecule has 0 aliphatic heterocycles. The molecule has 0 fully saturated rings. The van der Waals surface area contributed by atoms with Crippen LogP contribution in [0.25, 0.3) is 10.6 Å². The zero-order chi connectivity index (χ0) is 15.5. The number of thiazole rings is 1. The molecule has 1 N–H and O–H groups in total. The van der Waals surface area contributed by atoms with Gasteiger partial charge in [-0.15, -0.1) is 11.3 Å². The summed E-state index contributed by atoms with van der Waals surface area (Å²) in [7, 11) is 0. The third-order valence-electron chi connectivity index (χ3n) is 2.80. The number of carbonyl (C=O) groups excluding carboxylic acids is 1. The van der Waals surface area contributed by atoms with Gasteiger partial charge < -0.3 is 5.32 Å². The van der Waals surface area contributed by atoms with Crippen molar-refractivity contribution in [2.75, 3.05) is 5.32 Å². The van der Waals surface area contributed by atoms with E-state index in [4.69, 9.17) is 11.6 Å². The molecule has 0 unspecified atom stereocenters. The standard InChI is InChI=1S/C15H9ClFN3OS/c16-10-3-6-13(18-7-10)20-14(21)12-8-22-15(19-12)9-1-4-11(17)5-2-9/h1-8H,(H,18,20,21). The van der Waals surface area contributed by atoms with Crippen molar-refractivity contribution < 1.29 is 9.18 Å². The van der Waals surface area contributed by atoms with Crippen molar-refractivity contribution in [1.29, 1.82) is 0 Å². The number of rotatable bonds is 3. The normalized spacial score (nSPS) is 10.5. The number of nitrogens with one attached hydrogen (secondary N) is 1. The largest absolute Gasteiger partial charge is 0.305 e. The lowest BCUT2D eigenvalue weighted by Crippen LogP contribution is -2.13. The van der Waals surface area contributed by atoms with E-state index in [-0.39, 0.29) is 17.4 Å². The van der Waals surface area contributed by atoms with E-state index in [1.54, 1.807) is 29.6 Å². The molecule has 110 valence electrons. The van der Waals surface area contributed by atoms with Crippen LogP contribution in [0.5, 0.6) is 0 Å². The first-order chi connectivity index (χ1) is 10.6. The average Bonchev–Trinajstić information content (AvgIpc) is 3.00. The Bertz CT molecular complexity index is 802. The maximum Gasteiger partial charge on any atom is 0.276 e. The van der Waals surface area contributed by atoms with Crippen LogP contribution in [0.15, 0.2) is 48.0 Å². The molecule has 1 amide bonds. The van der Waals surface area contributed by atoms with Gasteiger partial charge in [-0.05, 0) is 36.4 Å². The van der Waals surface area contributed by atoms with Crippen molar-refractivity contribution in [1.82, 2.24) is 9.97 Å². The van der Waals surface area contributed by atoms with Gasteiger partial charge >= 0.3 is 0 Å². The Morgan fingerprint density at radius 3 is 2.64 bits per heavy atom. The Kier molecular flexibility index (Phi) is 4.13. The highest BCUT2D eigenvalue weighted by molar-refractivity contribution is 7.13. The number of pyridine rings is 1. The minimum Gasteiger partial charge on any atom is -0.305 e. The lowest BCUT2D eigenvalue weighted by atomic mass is 10.2. The molecule has 0 radical (unpaired) electrons. The molecule has 0 saturated carbocycles. The van der Waals surface area contributed by atoms with Gasteiger partial charge in [-0.2, -0.15) is 0 Å². The fraction of sp³-hybridized carbons (Fsp3) is 0. The summed E-state index contributed by atoms with van der Waals surface area (Å²) in [6.07, 6.45) is 1.45. The van der Waals surface area contributed by atoms with Crippen LogP contribution in [0.1, 0.15) is 10.5 Å². The summed E-state index contributed by atoms with van der Waals surface area (Å²) in [5.41, 5.74) is 1.04. The van der Waals surface area contributed by atoms with Crippen molar-refractivity contribution in [2.24, 2.45) is 0 Å². The molecule has 0 aliphatic carbocycles. The summed E-state index contributed by atoms with van der Waals surface area (Å²) >= 11 is 7.05. The van der Waals surface area contributed by atoms with Crippen LogP contribution in [0.3, 0.4) is 0 Å². The monoisotopic (exact) mass is 333 g/mol. The molecule has 4 nitrogen and oxygen atoms in total. The van der Waals surface area contributed by atoms with Gasteiger partial charge in [0.15, 0.2) is 0 Å². The van der Waals surface area contributed by atoms with E-state index in [0.29, 0.717) is 15.8 Å². The Morgan fingerprint density at radius 1 is 1.18 bits per heavy atom. The molecule has 1 aromatic carbocycles. The third kappa shape index (κ3) is 3.29. The second kappa shape index (κ2) is 6.21. The van der Waals surface area contributed by atoms with E-state index in [0.717, 1.165) is 5.56 Å². The number of aromatic nitrogens is 2. The number of hydrogen-bond acceptors (Lipinski definition) is 4. The molecular formula is C15H9ClFN3OS. The summed E-state index contributed by atoms with van der Waals surface area (Å²) in [6.45, 7) is 0. The van der Waals surface area contributed by atoms with Crippen LogP contribution in [-0.2, 0) is 0 Å². The highest BCUT2D eigenvalue weighted by Crippen LogP contribution is 2.24. The lowest BCUT2D eigenvalue weighted by molar-refractivity contribution is 0.102. The van der Waals surface area contributed by atoms with Crippen molar-refractivity contribution in [3.05, 3.63) is 64.5 Å². The minimum absolute atomic E-state index is 0.279. The number of hydrogen-bond donors (Lipinski definition) is 1. The van der Waals surface area contributed by atoms with Gasteiger partial charge in [0.1, 0.15) is 22.3 Å². The van der Waals surface area contributed by atoms with Gasteiger partial charge in [0.05, 0.1) is 5.02 Å². The van der Waals surface area contributed by atoms with E-state index >= 15 is 0 Å². The molecule has 0 aliphatic rings. The van der Waals surface area contributed by atoms with E-state index in [2.05, 4.69) is 15.3 Å². The highest BCUT2D eigenvalue weighted by Gasteiger charge is 2.12. The predicted molar refractivity (Wildman–Crippen MR) is 84.7 cm³/mol. The van der Waals surface area contributed by atoms with Crippen LogP contribution < -0.4 is 5.32 Å². The van der Waals surface area contributed by atoms with Crippen LogP contribution >= 0.6 is 22.9 Å². The third-order valence-corrected chi connectivity index (χ3v) is 3.91. The number of amides is 1. The van der Waals surface area contributed by atoms with Crippen molar-refractivity contribution in [2.45, 2.75) is 0 Å². The van der Waals surface area contributed by atoms with Gasteiger partial charge in [0.2, 0.25) is 0 Å². The number of halogens is 2. The molecular weight excluding hydrogens is 325 g/mol. The predicted octanol–water partition coefficient (Wildman–Crippen LogP) is 4.25. The van der Waals surface area contributed by atoms with Crippen molar-refractivity contribution in [3.63, 3.8) is 0 Å². The second-order valence-electron chi connectivity index (χ2n) is 4.36. The van der Waals surface area contributed by atoms with E-state index in [9.17, 15) is 9.18 Å². The molecule has 0 saturated heterocycles. The number of benzene rings is 1. The van der Waals surface area contributed by atoms with Crippen molar-refractivity contribution >= 4 is 34.7 Å². The average molecular weight is 334 g/mol. The molecule has 7 heteroatoms. The summed E-state index contributed by atoms with van der Waals surface area (Å²) in [4.78, 5) is 20.3. The van der Waals surface area contributed by atoms with Crippen molar-refractivity contribution in [3.8, 4) is 10.6 Å².